The van der Waals surface area contributed by atoms with Gasteiger partial charge in [0.25, 0.3) is 0 Å². The number of allylic oxidation sites excluding steroid dienone is 1. The maximum absolute atomic E-state index is 12.6. The lowest BCUT2D eigenvalue weighted by Gasteiger charge is -2.34. The van der Waals surface area contributed by atoms with Crippen molar-refractivity contribution in [2.75, 3.05) is 13.1 Å². The van der Waals surface area contributed by atoms with E-state index >= 15 is 0 Å². The zero-order chi connectivity index (χ0) is 21.7. The molecular formula is C22H26N4O4. The first-order valence-corrected chi connectivity index (χ1v) is 9.96. The van der Waals surface area contributed by atoms with Crippen LogP contribution in [0.1, 0.15) is 49.5 Å². The molecule has 1 aromatic carbocycles. The van der Waals surface area contributed by atoms with Gasteiger partial charge in [0, 0.05) is 24.9 Å². The molecule has 0 bridgehead atoms. The molecule has 3 rings (SSSR count). The van der Waals surface area contributed by atoms with Crippen molar-refractivity contribution < 1.29 is 19.2 Å². The Morgan fingerprint density at radius 3 is 2.37 bits per heavy atom. The molecule has 1 aromatic rings. The molecule has 0 aliphatic carbocycles. The largest absolute Gasteiger partial charge is 0.444 e. The van der Waals surface area contributed by atoms with E-state index < -0.39 is 11.5 Å². The minimum absolute atomic E-state index is 0.0729. The summed E-state index contributed by atoms with van der Waals surface area (Å²) >= 11 is 0. The number of rotatable bonds is 4. The SMILES string of the molecule is CC(C)(C)OC(=O)N1CCC(ON2C=CC(C(=O)c3ccc(C#N)cc3)C=N2)CC1. The fourth-order valence-electron chi connectivity index (χ4n) is 3.13. The predicted molar refractivity (Wildman–Crippen MR) is 110 cm³/mol. The fourth-order valence-corrected chi connectivity index (χ4v) is 3.13. The van der Waals surface area contributed by atoms with Gasteiger partial charge in [0.15, 0.2) is 5.78 Å². The van der Waals surface area contributed by atoms with Gasteiger partial charge in [-0.3, -0.25) is 4.79 Å². The first-order valence-electron chi connectivity index (χ1n) is 9.96. The van der Waals surface area contributed by atoms with E-state index in [-0.39, 0.29) is 18.0 Å². The van der Waals surface area contributed by atoms with Crippen LogP contribution in [-0.4, -0.2) is 53.0 Å². The summed E-state index contributed by atoms with van der Waals surface area (Å²) in [6, 6.07) is 8.56. The van der Waals surface area contributed by atoms with Crippen molar-refractivity contribution >= 4 is 18.1 Å². The Bertz CT molecular complexity index is 858. The molecule has 1 saturated heterocycles. The van der Waals surface area contributed by atoms with Crippen LogP contribution >= 0.6 is 0 Å². The van der Waals surface area contributed by atoms with E-state index in [4.69, 9.17) is 14.8 Å². The number of hydrogen-bond acceptors (Lipinski definition) is 7. The average molecular weight is 410 g/mol. The Morgan fingerprint density at radius 1 is 1.17 bits per heavy atom. The van der Waals surface area contributed by atoms with Crippen molar-refractivity contribution in [1.82, 2.24) is 10.1 Å². The molecule has 1 unspecified atom stereocenters. The summed E-state index contributed by atoms with van der Waals surface area (Å²) in [5.41, 5.74) is 0.527. The summed E-state index contributed by atoms with van der Waals surface area (Å²) in [6.07, 6.45) is 5.86. The molecule has 0 saturated carbocycles. The highest BCUT2D eigenvalue weighted by Gasteiger charge is 2.28. The van der Waals surface area contributed by atoms with Gasteiger partial charge in [0.1, 0.15) is 5.60 Å². The number of likely N-dealkylation sites (tertiary alicyclic amines) is 1. The average Bonchev–Trinajstić information content (AvgIpc) is 2.73. The van der Waals surface area contributed by atoms with Crippen molar-refractivity contribution in [3.8, 4) is 6.07 Å². The predicted octanol–water partition coefficient (Wildman–Crippen LogP) is 3.50. The molecule has 0 spiro atoms. The lowest BCUT2D eigenvalue weighted by molar-refractivity contribution is -0.176. The highest BCUT2D eigenvalue weighted by Crippen LogP contribution is 2.20. The van der Waals surface area contributed by atoms with Gasteiger partial charge >= 0.3 is 6.09 Å². The second-order valence-corrected chi connectivity index (χ2v) is 8.26. The van der Waals surface area contributed by atoms with Crippen molar-refractivity contribution in [3.05, 3.63) is 47.7 Å². The lowest BCUT2D eigenvalue weighted by atomic mass is 9.97. The number of nitriles is 1. The van der Waals surface area contributed by atoms with E-state index in [0.717, 1.165) is 0 Å². The third kappa shape index (κ3) is 5.67. The van der Waals surface area contributed by atoms with E-state index in [1.54, 1.807) is 41.4 Å². The van der Waals surface area contributed by atoms with Crippen LogP contribution in [0, 0.1) is 17.2 Å². The normalized spacial score (nSPS) is 19.5. The number of ketones is 1. The molecular weight excluding hydrogens is 384 g/mol. The number of hydrazone groups is 1. The number of ether oxygens (including phenoxy) is 1. The standard InChI is InChI=1S/C22H26N4O4/c1-22(2,3)29-21(28)25-11-9-19(10-12-25)30-26-13-8-18(15-24-26)20(27)17-6-4-16(14-23)5-7-17/h4-8,13,15,18-19H,9-12H2,1-3H3. The zero-order valence-electron chi connectivity index (χ0n) is 17.4. The van der Waals surface area contributed by atoms with Crippen LogP contribution < -0.4 is 0 Å². The summed E-state index contributed by atoms with van der Waals surface area (Å²) in [5.74, 6) is -0.573. The number of hydrogen-bond donors (Lipinski definition) is 0. The second-order valence-electron chi connectivity index (χ2n) is 8.26. The Morgan fingerprint density at radius 2 is 1.83 bits per heavy atom. The summed E-state index contributed by atoms with van der Waals surface area (Å²) in [5, 5.41) is 14.4. The maximum Gasteiger partial charge on any atom is 0.410 e. The molecule has 0 N–H and O–H groups in total. The number of carbonyl (C=O) groups excluding carboxylic acids is 2. The van der Waals surface area contributed by atoms with Crippen molar-refractivity contribution in [1.29, 1.82) is 5.26 Å². The third-order valence-corrected chi connectivity index (χ3v) is 4.71. The van der Waals surface area contributed by atoms with Gasteiger partial charge in [-0.25, -0.2) is 9.63 Å². The minimum Gasteiger partial charge on any atom is -0.444 e. The smallest absolute Gasteiger partial charge is 0.410 e. The van der Waals surface area contributed by atoms with Crippen LogP contribution in [0.2, 0.25) is 0 Å². The van der Waals surface area contributed by atoms with Gasteiger partial charge in [-0.15, -0.1) is 5.17 Å². The Labute approximate surface area is 176 Å². The molecule has 30 heavy (non-hydrogen) atoms. The number of Topliss-reactive ketones (excluding diaryl/α,β-unsaturated/α-hetero) is 1. The highest BCUT2D eigenvalue weighted by molar-refractivity contribution is 6.07. The molecule has 0 radical (unpaired) electrons. The number of amides is 1. The maximum atomic E-state index is 12.6. The molecule has 158 valence electrons. The molecule has 1 fully saturated rings. The van der Waals surface area contributed by atoms with Crippen LogP contribution in [0.5, 0.6) is 0 Å². The summed E-state index contributed by atoms with van der Waals surface area (Å²) in [6.45, 7) is 6.66. The van der Waals surface area contributed by atoms with E-state index in [1.165, 1.54) is 11.4 Å². The number of piperidine rings is 1. The molecule has 8 nitrogen and oxygen atoms in total. The Balaban J connectivity index is 1.46. The topological polar surface area (TPSA) is 95.2 Å². The number of hydroxylamine groups is 1. The van der Waals surface area contributed by atoms with Crippen LogP contribution in [0.25, 0.3) is 0 Å². The monoisotopic (exact) mass is 410 g/mol. The first-order chi connectivity index (χ1) is 14.2. The highest BCUT2D eigenvalue weighted by atomic mass is 16.7. The van der Waals surface area contributed by atoms with Crippen molar-refractivity contribution in [2.24, 2.45) is 11.0 Å². The molecule has 0 aromatic heterocycles. The van der Waals surface area contributed by atoms with Crippen molar-refractivity contribution in [3.63, 3.8) is 0 Å². The van der Waals surface area contributed by atoms with E-state index in [2.05, 4.69) is 5.10 Å². The number of benzene rings is 1. The van der Waals surface area contributed by atoms with Gasteiger partial charge in [-0.05, 0) is 51.8 Å². The van der Waals surface area contributed by atoms with Gasteiger partial charge in [-0.2, -0.15) is 10.4 Å². The molecule has 8 heteroatoms. The van der Waals surface area contributed by atoms with Crippen LogP contribution in [0.3, 0.4) is 0 Å². The minimum atomic E-state index is -0.510. The quantitative estimate of drug-likeness (QED) is 0.705. The fraction of sp³-hybridized carbons (Fsp3) is 0.455. The van der Waals surface area contributed by atoms with Gasteiger partial charge in [0.2, 0.25) is 0 Å². The van der Waals surface area contributed by atoms with E-state index in [0.29, 0.717) is 37.1 Å². The zero-order valence-corrected chi connectivity index (χ0v) is 17.4. The summed E-state index contributed by atoms with van der Waals surface area (Å²) < 4.78 is 5.40. The second kappa shape index (κ2) is 9.09. The summed E-state index contributed by atoms with van der Waals surface area (Å²) in [7, 11) is 0. The Hall–Kier alpha value is -3.18. The third-order valence-electron chi connectivity index (χ3n) is 4.71. The number of carbonyl (C=O) groups is 2. The Kier molecular flexibility index (Phi) is 6.53. The number of nitrogens with zero attached hydrogens (tertiary/aromatic N) is 4. The molecule has 1 atom stereocenters. The molecule has 2 heterocycles. The van der Waals surface area contributed by atoms with Crippen LogP contribution in [0.4, 0.5) is 4.79 Å². The van der Waals surface area contributed by atoms with Gasteiger partial charge in [0.05, 0.1) is 29.9 Å². The van der Waals surface area contributed by atoms with E-state index in [9.17, 15) is 9.59 Å². The van der Waals surface area contributed by atoms with Gasteiger partial charge < -0.3 is 9.64 Å². The molecule has 2 aliphatic rings. The molecule has 2 aliphatic heterocycles. The summed E-state index contributed by atoms with van der Waals surface area (Å²) in [4.78, 5) is 32.2. The van der Waals surface area contributed by atoms with Crippen molar-refractivity contribution in [2.45, 2.75) is 45.3 Å². The van der Waals surface area contributed by atoms with E-state index in [1.807, 2.05) is 26.8 Å². The lowest BCUT2D eigenvalue weighted by Crippen LogP contribution is -2.44. The molecule has 1 amide bonds. The first kappa shape index (κ1) is 21.5. The van der Waals surface area contributed by atoms with Crippen LogP contribution in [0.15, 0.2) is 41.6 Å². The van der Waals surface area contributed by atoms with Crippen LogP contribution in [-0.2, 0) is 9.57 Å². The van der Waals surface area contributed by atoms with Gasteiger partial charge in [-0.1, -0.05) is 12.1 Å².